The zero-order valence-corrected chi connectivity index (χ0v) is 28.2. The van der Waals surface area contributed by atoms with Gasteiger partial charge in [-0.05, 0) is 76.2 Å². The monoisotopic (exact) mass is 731 g/mol. The molecule has 0 aromatic heterocycles. The summed E-state index contributed by atoms with van der Waals surface area (Å²) in [7, 11) is -13.3. The lowest BCUT2D eigenvalue weighted by atomic mass is 9.96. The summed E-state index contributed by atoms with van der Waals surface area (Å²) in [5.41, 5.74) is -6.06. The molecule has 0 radical (unpaired) electrons. The highest BCUT2D eigenvalue weighted by atomic mass is 32.2. The van der Waals surface area contributed by atoms with E-state index in [0.717, 1.165) is 24.1 Å². The van der Waals surface area contributed by atoms with E-state index < -0.39 is 54.8 Å². The van der Waals surface area contributed by atoms with Crippen molar-refractivity contribution in [1.82, 2.24) is 9.62 Å². The van der Waals surface area contributed by atoms with Crippen LogP contribution in [0.3, 0.4) is 0 Å². The Labute approximate surface area is 270 Å². The van der Waals surface area contributed by atoms with Gasteiger partial charge in [-0.3, -0.25) is 9.36 Å². The fraction of sp³-hybridized carbons (Fsp3) is 0.519. The molecule has 1 aliphatic heterocycles. The van der Waals surface area contributed by atoms with E-state index in [2.05, 4.69) is 10.2 Å². The molecule has 0 aliphatic carbocycles. The number of alkyl halides is 3. The van der Waals surface area contributed by atoms with Crippen LogP contribution in [-0.2, 0) is 34.0 Å². The van der Waals surface area contributed by atoms with Gasteiger partial charge < -0.3 is 24.7 Å². The Kier molecular flexibility index (Phi) is 13.5. The summed E-state index contributed by atoms with van der Waals surface area (Å²) >= 11 is 1.41. The van der Waals surface area contributed by atoms with Crippen LogP contribution in [0.1, 0.15) is 25.7 Å². The number of halogens is 3. The van der Waals surface area contributed by atoms with Crippen LogP contribution in [-0.4, -0.2) is 94.2 Å². The maximum absolute atomic E-state index is 13.7. The molecule has 19 heteroatoms. The minimum absolute atomic E-state index is 0.0459. The summed E-state index contributed by atoms with van der Waals surface area (Å²) in [6.45, 7) is 1.41. The number of anilines is 1. The molecule has 1 saturated heterocycles. The first-order chi connectivity index (χ1) is 21.4. The number of likely N-dealkylation sites (tertiary alicyclic amines) is 1. The van der Waals surface area contributed by atoms with E-state index in [1.807, 2.05) is 35.1 Å². The summed E-state index contributed by atoms with van der Waals surface area (Å²) in [5, 5.41) is 2.93. The summed E-state index contributed by atoms with van der Waals surface area (Å²) in [6.07, 6.45) is 0.996. The molecule has 1 atom stereocenters. The summed E-state index contributed by atoms with van der Waals surface area (Å²) in [5.74, 6) is -0.480. The molecule has 0 bridgehead atoms. The number of ether oxygens (including phenoxy) is 1. The van der Waals surface area contributed by atoms with Crippen LogP contribution in [0.2, 0.25) is 0 Å². The van der Waals surface area contributed by atoms with Gasteiger partial charge in [-0.25, -0.2) is 21.6 Å². The molecule has 1 aliphatic rings. The lowest BCUT2D eigenvalue weighted by molar-refractivity contribution is -0.150. The predicted molar refractivity (Wildman–Crippen MR) is 167 cm³/mol. The molecule has 0 unspecified atom stereocenters. The van der Waals surface area contributed by atoms with E-state index >= 15 is 0 Å². The molecule has 1 fully saturated rings. The largest absolute Gasteiger partial charge is 0.501 e. The van der Waals surface area contributed by atoms with Crippen LogP contribution >= 0.6 is 19.4 Å². The van der Waals surface area contributed by atoms with Crippen LogP contribution < -0.4 is 10.0 Å². The maximum atomic E-state index is 13.7. The van der Waals surface area contributed by atoms with Crippen LogP contribution in [0.25, 0.3) is 0 Å². The van der Waals surface area contributed by atoms with Gasteiger partial charge >= 0.3 is 19.1 Å². The van der Waals surface area contributed by atoms with Crippen molar-refractivity contribution in [3.63, 3.8) is 0 Å². The molecule has 0 saturated carbocycles. The molecule has 4 N–H and O–H groups in total. The second kappa shape index (κ2) is 16.3. The number of carbonyl (C=O) groups is 1. The van der Waals surface area contributed by atoms with Crippen molar-refractivity contribution in [2.75, 3.05) is 50.5 Å². The van der Waals surface area contributed by atoms with Crippen LogP contribution in [0.4, 0.5) is 18.9 Å². The number of thioether (sulfide) groups is 1. The van der Waals surface area contributed by atoms with E-state index in [9.17, 15) is 39.4 Å². The third-order valence-electron chi connectivity index (χ3n) is 7.23. The molecule has 2 aromatic rings. The van der Waals surface area contributed by atoms with Gasteiger partial charge in [0, 0.05) is 23.2 Å². The van der Waals surface area contributed by atoms with Gasteiger partial charge in [0.15, 0.2) is 0 Å². The van der Waals surface area contributed by atoms with E-state index in [1.165, 1.54) is 11.8 Å². The number of piperidine rings is 1. The molecular formula is C27H37F3N3O9PS3. The lowest BCUT2D eigenvalue weighted by Gasteiger charge is -2.32. The number of benzene rings is 2. The topological polar surface area (TPSA) is 179 Å². The van der Waals surface area contributed by atoms with Gasteiger partial charge in [0.1, 0.15) is 4.90 Å². The van der Waals surface area contributed by atoms with E-state index in [4.69, 9.17) is 14.5 Å². The molecule has 2 aromatic carbocycles. The Morgan fingerprint density at radius 3 is 2.35 bits per heavy atom. The van der Waals surface area contributed by atoms with Gasteiger partial charge in [-0.15, -0.1) is 11.8 Å². The number of nitrogens with zero attached hydrogens (tertiary/aromatic N) is 1. The van der Waals surface area contributed by atoms with Crippen molar-refractivity contribution in [3.05, 3.63) is 48.5 Å². The highest BCUT2D eigenvalue weighted by molar-refractivity contribution is 7.99. The normalized spacial score (nSPS) is 16.2. The lowest BCUT2D eigenvalue weighted by Crippen LogP contribution is -2.39. The maximum Gasteiger partial charge on any atom is 0.501 e. The molecule has 0 spiro atoms. The van der Waals surface area contributed by atoms with E-state index in [1.54, 1.807) is 0 Å². The molecule has 258 valence electrons. The second-order valence-electron chi connectivity index (χ2n) is 10.6. The van der Waals surface area contributed by atoms with Gasteiger partial charge in [-0.1, -0.05) is 18.2 Å². The minimum atomic E-state index is -5.93. The third kappa shape index (κ3) is 11.2. The third-order valence-corrected chi connectivity index (χ3v) is 12.2. The molecule has 3 rings (SSSR count). The fourth-order valence-electron chi connectivity index (χ4n) is 4.68. The summed E-state index contributed by atoms with van der Waals surface area (Å²) < 4.78 is 109. The van der Waals surface area contributed by atoms with Crippen LogP contribution in [0.15, 0.2) is 63.2 Å². The smallest absolute Gasteiger partial charge is 0.465 e. The highest BCUT2D eigenvalue weighted by Gasteiger charge is 2.48. The first-order valence-electron chi connectivity index (χ1n) is 14.2. The van der Waals surface area contributed by atoms with Crippen molar-refractivity contribution >= 4 is 50.9 Å². The minimum Gasteiger partial charge on any atom is -0.465 e. The Morgan fingerprint density at radius 2 is 1.76 bits per heavy atom. The van der Waals surface area contributed by atoms with Gasteiger partial charge in [0.2, 0.25) is 10.0 Å². The molecular weight excluding hydrogens is 694 g/mol. The number of carbonyl (C=O) groups excluding carboxylic acids is 1. The van der Waals surface area contributed by atoms with Crippen molar-refractivity contribution in [2.24, 2.45) is 5.92 Å². The Bertz CT molecular complexity index is 1580. The highest BCUT2D eigenvalue weighted by Crippen LogP contribution is 2.37. The zero-order chi connectivity index (χ0) is 34.2. The second-order valence-corrected chi connectivity index (χ2v) is 17.3. The van der Waals surface area contributed by atoms with Gasteiger partial charge in [-0.2, -0.15) is 13.2 Å². The van der Waals surface area contributed by atoms with Crippen molar-refractivity contribution < 1.29 is 53.9 Å². The number of sulfone groups is 1. The van der Waals surface area contributed by atoms with Gasteiger partial charge in [0.05, 0.1) is 29.3 Å². The standard InChI is InChI=1S/C27H37F3N3O9PS3/c1-31-46(40,41)23-8-9-24(25(18-23)45(38,39)27(28,29)30)32-21(19-44-22-6-3-2-4-7-22)12-15-33-13-10-20(11-14-33)26(34)42-16-5-17-43(35,36)37/h2-4,6-9,18,20-21,31-32H,5,10-17,19H2,1H3,(H2,35,36,37)/t21-/m1/s1. The quantitative estimate of drug-likeness (QED) is 0.0854. The Morgan fingerprint density at radius 1 is 1.11 bits per heavy atom. The average Bonchev–Trinajstić information content (AvgIpc) is 3.00. The van der Waals surface area contributed by atoms with Crippen molar-refractivity contribution in [2.45, 2.75) is 51.9 Å². The number of rotatable bonds is 16. The van der Waals surface area contributed by atoms with Gasteiger partial charge in [0.25, 0.3) is 9.84 Å². The van der Waals surface area contributed by atoms with Crippen LogP contribution in [0.5, 0.6) is 0 Å². The van der Waals surface area contributed by atoms with Crippen molar-refractivity contribution in [1.29, 1.82) is 0 Å². The number of sulfonamides is 1. The fourth-order valence-corrected chi connectivity index (χ4v) is 7.99. The number of hydrogen-bond donors (Lipinski definition) is 4. The van der Waals surface area contributed by atoms with E-state index in [-0.39, 0.29) is 30.8 Å². The average molecular weight is 732 g/mol. The first kappa shape index (κ1) is 38.3. The molecule has 0 amide bonds. The number of hydrogen-bond acceptors (Lipinski definition) is 10. The summed E-state index contributed by atoms with van der Waals surface area (Å²) in [4.78, 5) is 31.3. The molecule has 12 nitrogen and oxygen atoms in total. The zero-order valence-electron chi connectivity index (χ0n) is 24.8. The van der Waals surface area contributed by atoms with Crippen molar-refractivity contribution in [3.8, 4) is 0 Å². The Hall–Kier alpha value is -2.18. The predicted octanol–water partition coefficient (Wildman–Crippen LogP) is 3.67. The first-order valence-corrected chi connectivity index (χ1v) is 19.9. The SMILES string of the molecule is CNS(=O)(=O)c1ccc(N[C@H](CCN2CCC(C(=O)OCCCP(=O)(O)O)CC2)CSc2ccccc2)c(S(=O)(=O)C(F)(F)F)c1. The summed E-state index contributed by atoms with van der Waals surface area (Å²) in [6, 6.07) is 11.2. The Balaban J connectivity index is 1.73. The van der Waals surface area contributed by atoms with E-state index in [0.29, 0.717) is 50.7 Å². The van der Waals surface area contributed by atoms with Crippen LogP contribution in [0, 0.1) is 5.92 Å². The molecule has 46 heavy (non-hydrogen) atoms. The number of nitrogens with one attached hydrogen (secondary N) is 2. The number of esters is 1. The molecule has 1 heterocycles.